The Morgan fingerprint density at radius 3 is 2.52 bits per heavy atom. The molecule has 0 aromatic carbocycles. The van der Waals surface area contributed by atoms with Gasteiger partial charge in [0.1, 0.15) is 0 Å². The van der Waals surface area contributed by atoms with E-state index in [1.165, 1.54) is 0 Å². The lowest BCUT2D eigenvalue weighted by atomic mass is 9.50. The van der Waals surface area contributed by atoms with Gasteiger partial charge in [0.05, 0.1) is 17.6 Å². The van der Waals surface area contributed by atoms with E-state index in [4.69, 9.17) is 4.74 Å². The molecule has 2 fully saturated rings. The highest BCUT2D eigenvalue weighted by molar-refractivity contribution is 5.78. The van der Waals surface area contributed by atoms with Crippen LogP contribution in [0.25, 0.3) is 0 Å². The molecule has 3 heteroatoms. The predicted octanol–water partition coefficient (Wildman–Crippen LogP) is 4.74. The van der Waals surface area contributed by atoms with Crippen LogP contribution in [-0.2, 0) is 9.53 Å². The third-order valence-corrected chi connectivity index (χ3v) is 7.79. The fourth-order valence-corrected chi connectivity index (χ4v) is 6.35. The van der Waals surface area contributed by atoms with E-state index in [-0.39, 0.29) is 16.8 Å². The smallest absolute Gasteiger partial charge is 0.312 e. The Kier molecular flexibility index (Phi) is 4.85. The number of allylic oxidation sites excluding steroid dienone is 1. The minimum Gasteiger partial charge on any atom is -0.466 e. The van der Waals surface area contributed by atoms with Crippen LogP contribution in [0.15, 0.2) is 12.2 Å². The van der Waals surface area contributed by atoms with Crippen molar-refractivity contribution in [1.82, 2.24) is 0 Å². The molecule has 0 spiro atoms. The molecule has 0 aliphatic heterocycles. The Bertz CT molecular complexity index is 549. The van der Waals surface area contributed by atoms with Crippen molar-refractivity contribution >= 4 is 5.97 Å². The van der Waals surface area contributed by atoms with Crippen LogP contribution in [0.4, 0.5) is 0 Å². The van der Waals surface area contributed by atoms with Crippen molar-refractivity contribution in [1.29, 1.82) is 0 Å². The zero-order valence-electron chi connectivity index (χ0n) is 16.7. The largest absolute Gasteiger partial charge is 0.466 e. The maximum Gasteiger partial charge on any atom is 0.312 e. The number of carbonyl (C=O) groups excluding carboxylic acids is 1. The first-order valence-electron chi connectivity index (χ1n) is 10.3. The summed E-state index contributed by atoms with van der Waals surface area (Å²) >= 11 is 0. The molecule has 6 atom stereocenters. The Balaban J connectivity index is 2.03. The van der Waals surface area contributed by atoms with Crippen LogP contribution in [0.3, 0.4) is 0 Å². The molecule has 0 heterocycles. The minimum absolute atomic E-state index is 0.0441. The van der Waals surface area contributed by atoms with Crippen molar-refractivity contribution in [2.24, 2.45) is 34.5 Å². The van der Waals surface area contributed by atoms with E-state index in [0.29, 0.717) is 30.3 Å². The van der Waals surface area contributed by atoms with Gasteiger partial charge in [-0.3, -0.25) is 4.79 Å². The van der Waals surface area contributed by atoms with E-state index in [0.717, 1.165) is 38.5 Å². The topological polar surface area (TPSA) is 46.5 Å². The lowest BCUT2D eigenvalue weighted by Gasteiger charge is -2.53. The van der Waals surface area contributed by atoms with Crippen molar-refractivity contribution in [2.75, 3.05) is 6.61 Å². The van der Waals surface area contributed by atoms with Gasteiger partial charge in [0, 0.05) is 0 Å². The zero-order valence-corrected chi connectivity index (χ0v) is 16.7. The van der Waals surface area contributed by atoms with E-state index in [9.17, 15) is 9.90 Å². The van der Waals surface area contributed by atoms with Crippen LogP contribution >= 0.6 is 0 Å². The number of rotatable bonds is 3. The van der Waals surface area contributed by atoms with E-state index in [1.54, 1.807) is 0 Å². The lowest BCUT2D eigenvalue weighted by molar-refractivity contribution is -0.171. The molecule has 3 nitrogen and oxygen atoms in total. The molecule has 0 saturated heterocycles. The molecule has 25 heavy (non-hydrogen) atoms. The van der Waals surface area contributed by atoms with E-state index >= 15 is 0 Å². The summed E-state index contributed by atoms with van der Waals surface area (Å²) in [4.78, 5) is 13.2. The molecule has 3 rings (SSSR count). The summed E-state index contributed by atoms with van der Waals surface area (Å²) < 4.78 is 5.64. The van der Waals surface area contributed by atoms with Gasteiger partial charge in [0.15, 0.2) is 0 Å². The SMILES string of the molecule is CCOC(=O)[C@]12CC[C@@]3(C)CC[C@](C)(O)C=C[C@H]3[C@@H]1CC[C@@H]2C(C)C. The Labute approximate surface area is 153 Å². The first-order chi connectivity index (χ1) is 11.7. The molecule has 0 amide bonds. The summed E-state index contributed by atoms with van der Waals surface area (Å²) in [7, 11) is 0. The molecular weight excluding hydrogens is 312 g/mol. The van der Waals surface area contributed by atoms with Crippen LogP contribution in [0.5, 0.6) is 0 Å². The molecule has 0 aromatic rings. The molecule has 2 saturated carbocycles. The standard InChI is InChI=1S/C22H36O3/c1-6-25-19(23)22-14-12-20(4)11-13-21(5,24)10-9-17(20)18(22)8-7-16(22)15(2)3/h9-10,15-18,24H,6-8,11-14H2,1-5H3/t16-,17+,18+,20-,21-,22+/m1/s1. The second-order valence-electron chi connectivity index (χ2n) is 9.69. The molecule has 1 N–H and O–H groups in total. The first-order valence-corrected chi connectivity index (χ1v) is 10.3. The van der Waals surface area contributed by atoms with Crippen LogP contribution < -0.4 is 0 Å². The van der Waals surface area contributed by atoms with Crippen LogP contribution in [0.1, 0.15) is 73.1 Å². The molecule has 3 aliphatic carbocycles. The minimum atomic E-state index is -0.719. The molecular formula is C22H36O3. The summed E-state index contributed by atoms with van der Waals surface area (Å²) in [6.07, 6.45) is 10.3. The van der Waals surface area contributed by atoms with Crippen molar-refractivity contribution in [2.45, 2.75) is 78.7 Å². The predicted molar refractivity (Wildman–Crippen MR) is 99.9 cm³/mol. The fourth-order valence-electron chi connectivity index (χ4n) is 6.35. The monoisotopic (exact) mass is 348 g/mol. The zero-order chi connectivity index (χ0) is 18.5. The number of carbonyl (C=O) groups is 1. The quantitative estimate of drug-likeness (QED) is 0.592. The van der Waals surface area contributed by atoms with Gasteiger partial charge in [-0.05, 0) is 81.5 Å². The Morgan fingerprint density at radius 2 is 1.88 bits per heavy atom. The number of hydrogen-bond donors (Lipinski definition) is 1. The van der Waals surface area contributed by atoms with Gasteiger partial charge in [0.25, 0.3) is 0 Å². The van der Waals surface area contributed by atoms with Gasteiger partial charge in [-0.2, -0.15) is 0 Å². The average Bonchev–Trinajstić information content (AvgIpc) is 2.88. The average molecular weight is 349 g/mol. The highest BCUT2D eigenvalue weighted by Gasteiger charge is 2.64. The second kappa shape index (κ2) is 6.40. The van der Waals surface area contributed by atoms with Gasteiger partial charge in [-0.1, -0.05) is 32.9 Å². The van der Waals surface area contributed by atoms with Crippen LogP contribution in [-0.4, -0.2) is 23.3 Å². The number of aliphatic hydroxyl groups is 1. The van der Waals surface area contributed by atoms with Crippen LogP contribution in [0.2, 0.25) is 0 Å². The molecule has 142 valence electrons. The molecule has 0 radical (unpaired) electrons. The number of fused-ring (bicyclic) bond motifs is 3. The second-order valence-corrected chi connectivity index (χ2v) is 9.69. The van der Waals surface area contributed by atoms with Crippen molar-refractivity contribution < 1.29 is 14.6 Å². The van der Waals surface area contributed by atoms with E-state index in [2.05, 4.69) is 26.8 Å². The maximum atomic E-state index is 13.2. The van der Waals surface area contributed by atoms with Gasteiger partial charge in [0.2, 0.25) is 0 Å². The lowest BCUT2D eigenvalue weighted by Crippen LogP contribution is -2.52. The molecule has 0 aromatic heterocycles. The Hall–Kier alpha value is -0.830. The van der Waals surface area contributed by atoms with Gasteiger partial charge in [-0.15, -0.1) is 0 Å². The van der Waals surface area contributed by atoms with Gasteiger partial charge >= 0.3 is 5.97 Å². The van der Waals surface area contributed by atoms with E-state index in [1.807, 2.05) is 19.9 Å². The maximum absolute atomic E-state index is 13.2. The molecule has 0 bridgehead atoms. The number of hydrogen-bond acceptors (Lipinski definition) is 3. The normalized spacial score (nSPS) is 46.4. The molecule has 0 unspecified atom stereocenters. The third kappa shape index (κ3) is 2.97. The van der Waals surface area contributed by atoms with Crippen molar-refractivity contribution in [3.05, 3.63) is 12.2 Å². The summed E-state index contributed by atoms with van der Waals surface area (Å²) in [5, 5.41) is 10.6. The Morgan fingerprint density at radius 1 is 1.20 bits per heavy atom. The summed E-state index contributed by atoms with van der Waals surface area (Å²) in [5.74, 6) is 1.67. The van der Waals surface area contributed by atoms with Crippen LogP contribution in [0, 0.1) is 34.5 Å². The number of ether oxygens (including phenoxy) is 1. The fraction of sp³-hybridized carbons (Fsp3) is 0.864. The highest BCUT2D eigenvalue weighted by atomic mass is 16.5. The summed E-state index contributed by atoms with van der Waals surface area (Å²) in [6, 6.07) is 0. The number of esters is 1. The first kappa shape index (κ1) is 18.9. The van der Waals surface area contributed by atoms with Crippen molar-refractivity contribution in [3.8, 4) is 0 Å². The third-order valence-electron chi connectivity index (χ3n) is 7.79. The molecule has 3 aliphatic rings. The summed E-state index contributed by atoms with van der Waals surface area (Å²) in [5.41, 5.74) is -0.860. The van der Waals surface area contributed by atoms with Gasteiger partial charge in [-0.25, -0.2) is 0 Å². The summed E-state index contributed by atoms with van der Waals surface area (Å²) in [6.45, 7) is 11.2. The van der Waals surface area contributed by atoms with Crippen molar-refractivity contribution in [3.63, 3.8) is 0 Å². The van der Waals surface area contributed by atoms with E-state index < -0.39 is 5.60 Å². The van der Waals surface area contributed by atoms with Gasteiger partial charge < -0.3 is 9.84 Å². The highest BCUT2D eigenvalue weighted by Crippen LogP contribution is 2.66.